The maximum atomic E-state index is 5.72. The smallest absolute Gasteiger partial charge is 0.246 e. The molecular weight excluding hydrogens is 242 g/mol. The molecule has 2 atom stereocenters. The first-order valence-electron chi connectivity index (χ1n) is 7.27. The highest BCUT2D eigenvalue weighted by molar-refractivity contribution is 5.04. The minimum atomic E-state index is -0.183. The molecule has 2 heterocycles. The Morgan fingerprint density at radius 2 is 2.21 bits per heavy atom. The number of piperidine rings is 1. The first-order chi connectivity index (χ1) is 9.07. The second kappa shape index (κ2) is 6.01. The minimum Gasteiger partial charge on any atom is -0.370 e. The van der Waals surface area contributed by atoms with E-state index in [1.54, 1.807) is 0 Å². The van der Waals surface area contributed by atoms with Crippen LogP contribution in [-0.4, -0.2) is 23.3 Å². The van der Waals surface area contributed by atoms with Crippen molar-refractivity contribution < 1.29 is 9.26 Å². The third kappa shape index (κ3) is 3.15. The Labute approximate surface area is 115 Å². The minimum absolute atomic E-state index is 0.0882. The number of nitrogens with one attached hydrogen (secondary N) is 1. The molecule has 1 fully saturated rings. The molecule has 108 valence electrons. The van der Waals surface area contributed by atoms with Crippen LogP contribution in [0.3, 0.4) is 0 Å². The molecule has 0 saturated carbocycles. The standard InChI is InChI=1S/C14H25N3O2/c1-5-18-11(10(2)3)12-16-13(19-17-12)14(4)8-6-7-9-15-14/h10-11,15H,5-9H2,1-4H3. The molecule has 1 aromatic rings. The SMILES string of the molecule is CCOC(c1noc(C2(C)CCCCN2)n1)C(C)C. The van der Waals surface area contributed by atoms with Crippen molar-refractivity contribution in [1.29, 1.82) is 0 Å². The van der Waals surface area contributed by atoms with Gasteiger partial charge >= 0.3 is 0 Å². The summed E-state index contributed by atoms with van der Waals surface area (Å²) in [5.41, 5.74) is -0.183. The van der Waals surface area contributed by atoms with E-state index in [2.05, 4.69) is 36.2 Å². The molecule has 2 unspecified atom stereocenters. The molecule has 1 aliphatic heterocycles. The average molecular weight is 267 g/mol. The summed E-state index contributed by atoms with van der Waals surface area (Å²) < 4.78 is 11.2. The van der Waals surface area contributed by atoms with E-state index in [0.717, 1.165) is 13.0 Å². The van der Waals surface area contributed by atoms with Crippen LogP contribution in [0.15, 0.2) is 4.52 Å². The number of ether oxygens (including phenoxy) is 1. The molecular formula is C14H25N3O2. The van der Waals surface area contributed by atoms with Crippen molar-refractivity contribution in [2.24, 2.45) is 5.92 Å². The Balaban J connectivity index is 2.17. The summed E-state index contributed by atoms with van der Waals surface area (Å²) in [7, 11) is 0. The van der Waals surface area contributed by atoms with Crippen LogP contribution in [-0.2, 0) is 10.3 Å². The van der Waals surface area contributed by atoms with Crippen LogP contribution in [0.2, 0.25) is 0 Å². The summed E-state index contributed by atoms with van der Waals surface area (Å²) in [5, 5.41) is 7.61. The van der Waals surface area contributed by atoms with E-state index in [9.17, 15) is 0 Å². The summed E-state index contributed by atoms with van der Waals surface area (Å²) in [6.45, 7) is 10.00. The van der Waals surface area contributed by atoms with Crippen LogP contribution >= 0.6 is 0 Å². The third-order valence-corrected chi connectivity index (χ3v) is 3.74. The normalized spacial score (nSPS) is 25.7. The van der Waals surface area contributed by atoms with E-state index in [-0.39, 0.29) is 11.6 Å². The van der Waals surface area contributed by atoms with E-state index >= 15 is 0 Å². The molecule has 0 radical (unpaired) electrons. The van der Waals surface area contributed by atoms with Gasteiger partial charge in [-0.15, -0.1) is 0 Å². The molecule has 1 saturated heterocycles. The van der Waals surface area contributed by atoms with Gasteiger partial charge < -0.3 is 14.6 Å². The molecule has 5 nitrogen and oxygen atoms in total. The van der Waals surface area contributed by atoms with Crippen LogP contribution in [0.5, 0.6) is 0 Å². The van der Waals surface area contributed by atoms with Crippen LogP contribution in [0, 0.1) is 5.92 Å². The lowest BCUT2D eigenvalue weighted by Crippen LogP contribution is -2.43. The van der Waals surface area contributed by atoms with E-state index in [1.165, 1.54) is 12.8 Å². The molecule has 0 spiro atoms. The summed E-state index contributed by atoms with van der Waals surface area (Å²) >= 11 is 0. The van der Waals surface area contributed by atoms with Gasteiger partial charge in [-0.3, -0.25) is 0 Å². The fourth-order valence-electron chi connectivity index (χ4n) is 2.56. The molecule has 2 rings (SSSR count). The number of hydrogen-bond donors (Lipinski definition) is 1. The van der Waals surface area contributed by atoms with Crippen LogP contribution in [0.25, 0.3) is 0 Å². The zero-order chi connectivity index (χ0) is 13.9. The highest BCUT2D eigenvalue weighted by Gasteiger charge is 2.35. The van der Waals surface area contributed by atoms with Gasteiger partial charge in [0.25, 0.3) is 0 Å². The van der Waals surface area contributed by atoms with Gasteiger partial charge in [0.1, 0.15) is 6.10 Å². The van der Waals surface area contributed by atoms with Gasteiger partial charge in [-0.2, -0.15) is 4.98 Å². The predicted octanol–water partition coefficient (Wildman–Crippen LogP) is 2.79. The maximum absolute atomic E-state index is 5.72. The highest BCUT2D eigenvalue weighted by Crippen LogP contribution is 2.31. The van der Waals surface area contributed by atoms with Crippen LogP contribution in [0.4, 0.5) is 0 Å². The van der Waals surface area contributed by atoms with Crippen molar-refractivity contribution in [3.63, 3.8) is 0 Å². The molecule has 5 heteroatoms. The van der Waals surface area contributed by atoms with E-state index < -0.39 is 0 Å². The first-order valence-corrected chi connectivity index (χ1v) is 7.27. The van der Waals surface area contributed by atoms with Gasteiger partial charge in [-0.05, 0) is 45.6 Å². The van der Waals surface area contributed by atoms with Gasteiger partial charge in [-0.1, -0.05) is 19.0 Å². The largest absolute Gasteiger partial charge is 0.370 e. The van der Waals surface area contributed by atoms with Crippen molar-refractivity contribution in [2.45, 2.75) is 58.6 Å². The molecule has 19 heavy (non-hydrogen) atoms. The van der Waals surface area contributed by atoms with Crippen molar-refractivity contribution in [3.05, 3.63) is 11.7 Å². The first kappa shape index (κ1) is 14.5. The van der Waals surface area contributed by atoms with Gasteiger partial charge in [0.15, 0.2) is 0 Å². The molecule has 0 aromatic carbocycles. The van der Waals surface area contributed by atoms with E-state index in [4.69, 9.17) is 9.26 Å². The zero-order valence-corrected chi connectivity index (χ0v) is 12.4. The quantitative estimate of drug-likeness (QED) is 0.889. The van der Waals surface area contributed by atoms with E-state index in [1.807, 2.05) is 6.92 Å². The molecule has 1 aromatic heterocycles. The number of aromatic nitrogens is 2. The number of rotatable bonds is 5. The Morgan fingerprint density at radius 3 is 2.79 bits per heavy atom. The molecule has 0 bridgehead atoms. The van der Waals surface area contributed by atoms with Gasteiger partial charge in [-0.25, -0.2) is 0 Å². The second-order valence-corrected chi connectivity index (χ2v) is 5.79. The Morgan fingerprint density at radius 1 is 1.42 bits per heavy atom. The highest BCUT2D eigenvalue weighted by atomic mass is 16.5. The second-order valence-electron chi connectivity index (χ2n) is 5.79. The predicted molar refractivity (Wildman–Crippen MR) is 72.7 cm³/mol. The fourth-order valence-corrected chi connectivity index (χ4v) is 2.56. The number of hydrogen-bond acceptors (Lipinski definition) is 5. The molecule has 1 N–H and O–H groups in total. The van der Waals surface area contributed by atoms with Crippen LogP contribution in [0.1, 0.15) is 64.8 Å². The lowest BCUT2D eigenvalue weighted by molar-refractivity contribution is 0.0217. The molecule has 0 aliphatic carbocycles. The van der Waals surface area contributed by atoms with Gasteiger partial charge in [0.05, 0.1) is 5.54 Å². The Hall–Kier alpha value is -0.940. The topological polar surface area (TPSA) is 60.2 Å². The summed E-state index contributed by atoms with van der Waals surface area (Å²) in [4.78, 5) is 4.58. The molecule has 0 amide bonds. The Bertz CT molecular complexity index is 397. The summed E-state index contributed by atoms with van der Waals surface area (Å²) in [6.07, 6.45) is 3.36. The Kier molecular flexibility index (Phi) is 4.58. The maximum Gasteiger partial charge on any atom is 0.246 e. The van der Waals surface area contributed by atoms with E-state index in [0.29, 0.717) is 24.2 Å². The fraction of sp³-hybridized carbons (Fsp3) is 0.857. The average Bonchev–Trinajstić information content (AvgIpc) is 2.86. The zero-order valence-electron chi connectivity index (χ0n) is 12.4. The molecule has 1 aliphatic rings. The lowest BCUT2D eigenvalue weighted by Gasteiger charge is -2.31. The summed E-state index contributed by atoms with van der Waals surface area (Å²) in [5.74, 6) is 1.69. The van der Waals surface area contributed by atoms with Crippen molar-refractivity contribution in [2.75, 3.05) is 13.2 Å². The lowest BCUT2D eigenvalue weighted by atomic mass is 9.91. The van der Waals surface area contributed by atoms with Crippen LogP contribution < -0.4 is 5.32 Å². The number of nitrogens with zero attached hydrogens (tertiary/aromatic N) is 2. The van der Waals surface area contributed by atoms with Gasteiger partial charge in [0, 0.05) is 6.61 Å². The van der Waals surface area contributed by atoms with Crippen molar-refractivity contribution >= 4 is 0 Å². The van der Waals surface area contributed by atoms with Gasteiger partial charge in [0.2, 0.25) is 11.7 Å². The third-order valence-electron chi connectivity index (χ3n) is 3.74. The summed E-state index contributed by atoms with van der Waals surface area (Å²) in [6, 6.07) is 0. The van der Waals surface area contributed by atoms with Crippen molar-refractivity contribution in [1.82, 2.24) is 15.5 Å². The van der Waals surface area contributed by atoms with Crippen molar-refractivity contribution in [3.8, 4) is 0 Å². The monoisotopic (exact) mass is 267 g/mol.